The van der Waals surface area contributed by atoms with Crippen LogP contribution in [0.15, 0.2) is 134 Å². The van der Waals surface area contributed by atoms with E-state index < -0.39 is 48.9 Å². The van der Waals surface area contributed by atoms with Crippen LogP contribution in [0.25, 0.3) is 0 Å². The highest BCUT2D eigenvalue weighted by molar-refractivity contribution is 5.70. The minimum absolute atomic E-state index is 0.0941. The van der Waals surface area contributed by atoms with Crippen molar-refractivity contribution in [3.05, 3.63) is 156 Å². The summed E-state index contributed by atoms with van der Waals surface area (Å²) in [5.74, 6) is 0. The number of rotatable bonds is 17. The first-order valence-corrected chi connectivity index (χ1v) is 16.6. The SMILES string of the molecule is C=C[C@@H]1OC(=O)N[C@H]1CO[C@H]1O[C@H](COCc2ccccc2)[C@H](OCc2ccccc2)[C@H](OCc2ccccc2)[C@H]1OCc1ccccc1. The smallest absolute Gasteiger partial charge is 0.408 e. The molecular weight excluding hydrogens is 622 g/mol. The maximum atomic E-state index is 12.0. The summed E-state index contributed by atoms with van der Waals surface area (Å²) < 4.78 is 44.8. The van der Waals surface area contributed by atoms with Crippen molar-refractivity contribution < 1.29 is 38.0 Å². The lowest BCUT2D eigenvalue weighted by molar-refractivity contribution is -0.329. The second kappa shape index (κ2) is 17.9. The number of hydrogen-bond acceptors (Lipinski definition) is 8. The van der Waals surface area contributed by atoms with Gasteiger partial charge in [-0.1, -0.05) is 128 Å². The lowest BCUT2D eigenvalue weighted by Gasteiger charge is -2.46. The summed E-state index contributed by atoms with van der Waals surface area (Å²) in [6.07, 6.45) is -2.89. The van der Waals surface area contributed by atoms with Crippen LogP contribution in [0, 0.1) is 0 Å². The highest BCUT2D eigenvalue weighted by Crippen LogP contribution is 2.32. The maximum absolute atomic E-state index is 12.0. The lowest BCUT2D eigenvalue weighted by Crippen LogP contribution is -2.62. The average Bonchev–Trinajstić information content (AvgIpc) is 3.52. The third kappa shape index (κ3) is 9.86. The number of cyclic esters (lactones) is 1. The molecule has 4 aromatic rings. The Morgan fingerprint density at radius 1 is 0.592 bits per heavy atom. The normalized spacial score (nSPS) is 25.0. The molecule has 2 aliphatic rings. The van der Waals surface area contributed by atoms with E-state index in [9.17, 15) is 4.79 Å². The summed E-state index contributed by atoms with van der Waals surface area (Å²) >= 11 is 0. The van der Waals surface area contributed by atoms with Gasteiger partial charge < -0.3 is 38.5 Å². The van der Waals surface area contributed by atoms with Crippen LogP contribution in [0.2, 0.25) is 0 Å². The predicted molar refractivity (Wildman–Crippen MR) is 183 cm³/mol. The van der Waals surface area contributed by atoms with Crippen molar-refractivity contribution in [1.82, 2.24) is 5.32 Å². The van der Waals surface area contributed by atoms with Gasteiger partial charge in [-0.05, 0) is 28.3 Å². The summed E-state index contributed by atoms with van der Waals surface area (Å²) in [7, 11) is 0. The van der Waals surface area contributed by atoms with E-state index in [2.05, 4.69) is 11.9 Å². The van der Waals surface area contributed by atoms with Gasteiger partial charge in [0.25, 0.3) is 0 Å². The van der Waals surface area contributed by atoms with E-state index in [-0.39, 0.29) is 13.2 Å². The van der Waals surface area contributed by atoms with Gasteiger partial charge in [0.1, 0.15) is 30.5 Å². The van der Waals surface area contributed by atoms with Crippen LogP contribution in [0.3, 0.4) is 0 Å². The Kier molecular flexibility index (Phi) is 12.6. The second-order valence-corrected chi connectivity index (χ2v) is 12.0. The Morgan fingerprint density at radius 2 is 1.06 bits per heavy atom. The minimum Gasteiger partial charge on any atom is -0.440 e. The van der Waals surface area contributed by atoms with Crippen molar-refractivity contribution in [3.8, 4) is 0 Å². The molecule has 0 aliphatic carbocycles. The van der Waals surface area contributed by atoms with Gasteiger partial charge in [-0.25, -0.2) is 4.79 Å². The highest BCUT2D eigenvalue weighted by Gasteiger charge is 2.49. The van der Waals surface area contributed by atoms with Crippen LogP contribution in [-0.2, 0) is 59.6 Å². The van der Waals surface area contributed by atoms with Gasteiger partial charge in [0.15, 0.2) is 6.29 Å². The van der Waals surface area contributed by atoms with Crippen LogP contribution in [0.5, 0.6) is 0 Å². The quantitative estimate of drug-likeness (QED) is 0.130. The molecule has 2 heterocycles. The molecule has 0 radical (unpaired) electrons. The molecule has 0 spiro atoms. The molecule has 49 heavy (non-hydrogen) atoms. The number of amides is 1. The molecule has 2 aliphatic heterocycles. The van der Waals surface area contributed by atoms with Gasteiger partial charge in [-0.15, -0.1) is 0 Å². The van der Waals surface area contributed by atoms with Gasteiger partial charge in [0.2, 0.25) is 0 Å². The Labute approximate surface area is 287 Å². The second-order valence-electron chi connectivity index (χ2n) is 12.0. The molecule has 0 saturated carbocycles. The van der Waals surface area contributed by atoms with E-state index in [1.807, 2.05) is 121 Å². The van der Waals surface area contributed by atoms with E-state index in [0.29, 0.717) is 26.4 Å². The zero-order valence-electron chi connectivity index (χ0n) is 27.4. The van der Waals surface area contributed by atoms with Gasteiger partial charge in [-0.2, -0.15) is 0 Å². The van der Waals surface area contributed by atoms with Crippen molar-refractivity contribution in [1.29, 1.82) is 0 Å². The van der Waals surface area contributed by atoms with Crippen LogP contribution >= 0.6 is 0 Å². The summed E-state index contributed by atoms with van der Waals surface area (Å²) in [6.45, 7) is 5.45. The van der Waals surface area contributed by atoms with Gasteiger partial charge in [0.05, 0.1) is 45.7 Å². The topological polar surface area (TPSA) is 93.7 Å². The van der Waals surface area contributed by atoms with E-state index in [0.717, 1.165) is 22.3 Å². The van der Waals surface area contributed by atoms with E-state index in [4.69, 9.17) is 33.2 Å². The predicted octanol–water partition coefficient (Wildman–Crippen LogP) is 6.36. The molecule has 1 amide bonds. The summed E-state index contributed by atoms with van der Waals surface area (Å²) in [4.78, 5) is 12.0. The molecule has 1 N–H and O–H groups in total. The van der Waals surface area contributed by atoms with Gasteiger partial charge in [0, 0.05) is 0 Å². The molecule has 7 atom stereocenters. The van der Waals surface area contributed by atoms with E-state index in [1.165, 1.54) is 0 Å². The molecule has 2 fully saturated rings. The Morgan fingerprint density at radius 3 is 1.57 bits per heavy atom. The van der Waals surface area contributed by atoms with Crippen LogP contribution in [-0.4, -0.2) is 62.2 Å². The lowest BCUT2D eigenvalue weighted by atomic mass is 9.97. The Hall–Kier alpha value is -4.35. The van der Waals surface area contributed by atoms with Crippen molar-refractivity contribution >= 4 is 6.09 Å². The third-order valence-electron chi connectivity index (χ3n) is 8.46. The largest absolute Gasteiger partial charge is 0.440 e. The molecule has 0 unspecified atom stereocenters. The number of benzene rings is 4. The molecule has 4 aromatic carbocycles. The molecule has 256 valence electrons. The zero-order valence-corrected chi connectivity index (χ0v) is 27.4. The fraction of sp³-hybridized carbons (Fsp3) is 0.325. The van der Waals surface area contributed by atoms with Gasteiger partial charge in [-0.3, -0.25) is 0 Å². The minimum atomic E-state index is -0.894. The van der Waals surface area contributed by atoms with E-state index >= 15 is 0 Å². The molecule has 2 saturated heterocycles. The first kappa shape index (κ1) is 34.5. The molecule has 9 nitrogen and oxygen atoms in total. The number of alkyl carbamates (subject to hydrolysis) is 1. The fourth-order valence-electron chi connectivity index (χ4n) is 5.90. The third-order valence-corrected chi connectivity index (χ3v) is 8.46. The molecule has 9 heteroatoms. The standard InChI is InChI=1S/C40H43NO8/c1-2-34-33(41-40(42)49-34)27-47-39-38(46-26-32-21-13-6-14-22-32)37(45-25-31-19-11-5-12-20-31)36(44-24-30-17-9-4-10-18-30)35(48-39)28-43-23-29-15-7-3-8-16-29/h2-22,33-39H,1,23-28H2,(H,41,42)/t33-,34-,35+,36-,37-,38+,39-/m0/s1. The number of carbonyl (C=O) groups is 1. The van der Waals surface area contributed by atoms with Crippen molar-refractivity contribution in [2.45, 2.75) is 69.3 Å². The number of carbonyl (C=O) groups excluding carboxylic acids is 1. The highest BCUT2D eigenvalue weighted by atomic mass is 16.7. The zero-order chi connectivity index (χ0) is 33.7. The van der Waals surface area contributed by atoms with Gasteiger partial charge >= 0.3 is 6.09 Å². The molecule has 0 aromatic heterocycles. The summed E-state index contributed by atoms with van der Waals surface area (Å²) in [5, 5.41) is 2.80. The summed E-state index contributed by atoms with van der Waals surface area (Å²) in [6, 6.07) is 39.4. The first-order valence-electron chi connectivity index (χ1n) is 16.6. The number of nitrogens with one attached hydrogen (secondary N) is 1. The Bertz CT molecular complexity index is 1560. The van der Waals surface area contributed by atoms with Crippen molar-refractivity contribution in [3.63, 3.8) is 0 Å². The molecule has 6 rings (SSSR count). The average molecular weight is 666 g/mol. The number of hydrogen-bond donors (Lipinski definition) is 1. The van der Waals surface area contributed by atoms with Crippen LogP contribution in [0.4, 0.5) is 4.79 Å². The first-order chi connectivity index (χ1) is 24.2. The van der Waals surface area contributed by atoms with Crippen LogP contribution in [0.1, 0.15) is 22.3 Å². The maximum Gasteiger partial charge on any atom is 0.408 e. The summed E-state index contributed by atoms with van der Waals surface area (Å²) in [5.41, 5.74) is 4.05. The molecule has 0 bridgehead atoms. The Balaban J connectivity index is 1.29. The fourth-order valence-corrected chi connectivity index (χ4v) is 5.90. The van der Waals surface area contributed by atoms with E-state index in [1.54, 1.807) is 6.08 Å². The monoisotopic (exact) mass is 665 g/mol. The number of ether oxygens (including phenoxy) is 7. The van der Waals surface area contributed by atoms with Crippen molar-refractivity contribution in [2.75, 3.05) is 13.2 Å². The van der Waals surface area contributed by atoms with Crippen LogP contribution < -0.4 is 5.32 Å². The molecular formula is C40H43NO8. The van der Waals surface area contributed by atoms with Crippen molar-refractivity contribution in [2.24, 2.45) is 0 Å².